The van der Waals surface area contributed by atoms with Crippen molar-refractivity contribution in [2.75, 3.05) is 18.9 Å². The Hall–Kier alpha value is -1.89. The predicted octanol–water partition coefficient (Wildman–Crippen LogP) is 0.897. The van der Waals surface area contributed by atoms with E-state index in [1.54, 1.807) is 20.0 Å². The second-order valence-electron chi connectivity index (χ2n) is 5.69. The van der Waals surface area contributed by atoms with E-state index in [-0.39, 0.29) is 30.3 Å². The first-order valence-electron chi connectivity index (χ1n) is 7.19. The van der Waals surface area contributed by atoms with Gasteiger partial charge in [0.2, 0.25) is 11.8 Å². The van der Waals surface area contributed by atoms with E-state index in [1.165, 1.54) is 4.90 Å². The Morgan fingerprint density at radius 1 is 1.52 bits per heavy atom. The van der Waals surface area contributed by atoms with E-state index in [4.69, 9.17) is 10.3 Å². The molecule has 1 aliphatic carbocycles. The maximum absolute atomic E-state index is 12.3. The van der Waals surface area contributed by atoms with Crippen LogP contribution in [0.4, 0.5) is 5.82 Å². The molecule has 7 heteroatoms. The lowest BCUT2D eigenvalue weighted by Crippen LogP contribution is -2.41. The van der Waals surface area contributed by atoms with Crippen molar-refractivity contribution in [1.29, 1.82) is 0 Å². The molecule has 0 saturated heterocycles. The van der Waals surface area contributed by atoms with Gasteiger partial charge in [-0.25, -0.2) is 0 Å². The van der Waals surface area contributed by atoms with Crippen molar-refractivity contribution in [2.24, 2.45) is 11.7 Å². The number of hydrogen-bond acceptors (Lipinski definition) is 5. The number of anilines is 1. The third kappa shape index (κ3) is 4.29. The summed E-state index contributed by atoms with van der Waals surface area (Å²) in [7, 11) is 1.64. The molecule has 0 bridgehead atoms. The zero-order chi connectivity index (χ0) is 15.4. The average molecular weight is 294 g/mol. The summed E-state index contributed by atoms with van der Waals surface area (Å²) in [6.45, 7) is 1.74. The Kier molecular flexibility index (Phi) is 4.95. The fourth-order valence-electron chi connectivity index (χ4n) is 2.66. The summed E-state index contributed by atoms with van der Waals surface area (Å²) >= 11 is 0. The van der Waals surface area contributed by atoms with Crippen LogP contribution in [-0.2, 0) is 9.59 Å². The van der Waals surface area contributed by atoms with E-state index < -0.39 is 0 Å². The minimum Gasteiger partial charge on any atom is -0.360 e. The highest BCUT2D eigenvalue weighted by molar-refractivity contribution is 5.94. The van der Waals surface area contributed by atoms with E-state index in [1.807, 2.05) is 0 Å². The predicted molar refractivity (Wildman–Crippen MR) is 77.4 cm³/mol. The molecule has 2 rings (SSSR count). The molecule has 1 saturated carbocycles. The van der Waals surface area contributed by atoms with Crippen molar-refractivity contribution < 1.29 is 14.1 Å². The van der Waals surface area contributed by atoms with Crippen LogP contribution in [-0.4, -0.2) is 41.5 Å². The van der Waals surface area contributed by atoms with Gasteiger partial charge in [0.25, 0.3) is 0 Å². The number of hydrogen-bond donors (Lipinski definition) is 2. The molecule has 0 aromatic carbocycles. The summed E-state index contributed by atoms with van der Waals surface area (Å²) in [6, 6.07) is 1.72. The average Bonchev–Trinajstić information content (AvgIpc) is 2.82. The molecule has 0 aliphatic heterocycles. The molecule has 7 nitrogen and oxygen atoms in total. The lowest BCUT2D eigenvalue weighted by atomic mass is 9.85. The lowest BCUT2D eigenvalue weighted by Gasteiger charge is -2.29. The number of amides is 2. The fraction of sp³-hybridized carbons (Fsp3) is 0.643. The van der Waals surface area contributed by atoms with E-state index in [2.05, 4.69) is 10.5 Å². The summed E-state index contributed by atoms with van der Waals surface area (Å²) < 4.78 is 4.87. The minimum absolute atomic E-state index is 0.00349. The topological polar surface area (TPSA) is 101 Å². The molecule has 0 spiro atoms. The second-order valence-corrected chi connectivity index (χ2v) is 5.69. The first-order chi connectivity index (χ1) is 9.95. The van der Waals surface area contributed by atoms with E-state index in [0.717, 1.165) is 19.3 Å². The van der Waals surface area contributed by atoms with Crippen molar-refractivity contribution in [3.63, 3.8) is 0 Å². The summed E-state index contributed by atoms with van der Waals surface area (Å²) in [5.41, 5.74) is 5.90. The standard InChI is InChI=1S/C14H22N4O3/c1-9-6-12(17-21-9)16-13(19)8-18(2)14(20)10-4-3-5-11(15)7-10/h6,10-11H,3-5,7-8,15H2,1-2H3,(H,16,17,19). The van der Waals surface area contributed by atoms with Gasteiger partial charge in [-0.15, -0.1) is 0 Å². The Bertz CT molecular complexity index is 514. The molecule has 1 aromatic rings. The van der Waals surface area contributed by atoms with Gasteiger partial charge in [0.05, 0.1) is 6.54 Å². The van der Waals surface area contributed by atoms with Crippen LogP contribution in [0.5, 0.6) is 0 Å². The molecule has 1 aromatic heterocycles. The maximum Gasteiger partial charge on any atom is 0.245 e. The summed E-state index contributed by atoms with van der Waals surface area (Å²) in [4.78, 5) is 25.6. The molecule has 1 aliphatic rings. The van der Waals surface area contributed by atoms with Gasteiger partial charge in [0.1, 0.15) is 5.76 Å². The summed E-state index contributed by atoms with van der Waals surface area (Å²) in [5.74, 6) is 0.598. The van der Waals surface area contributed by atoms with Gasteiger partial charge in [-0.05, 0) is 26.2 Å². The molecule has 1 fully saturated rings. The Morgan fingerprint density at radius 2 is 2.29 bits per heavy atom. The number of carbonyl (C=O) groups is 2. The number of carbonyl (C=O) groups excluding carboxylic acids is 2. The van der Waals surface area contributed by atoms with Gasteiger partial charge in [-0.3, -0.25) is 9.59 Å². The SMILES string of the molecule is Cc1cc(NC(=O)CN(C)C(=O)C2CCCC(N)C2)no1. The highest BCUT2D eigenvalue weighted by Gasteiger charge is 2.28. The number of rotatable bonds is 4. The molecule has 2 unspecified atom stereocenters. The summed E-state index contributed by atoms with van der Waals surface area (Å²) in [6.07, 6.45) is 3.49. The van der Waals surface area contributed by atoms with Gasteiger partial charge in [-0.1, -0.05) is 11.6 Å². The lowest BCUT2D eigenvalue weighted by molar-refractivity contribution is -0.138. The number of nitrogens with zero attached hydrogens (tertiary/aromatic N) is 2. The maximum atomic E-state index is 12.3. The normalized spacial score (nSPS) is 21.9. The second kappa shape index (κ2) is 6.71. The molecule has 116 valence electrons. The zero-order valence-electron chi connectivity index (χ0n) is 12.5. The molecular formula is C14H22N4O3. The van der Waals surface area contributed by atoms with Gasteiger partial charge in [-0.2, -0.15) is 0 Å². The van der Waals surface area contributed by atoms with Crippen LogP contribution >= 0.6 is 0 Å². The van der Waals surface area contributed by atoms with Crippen LogP contribution in [0.3, 0.4) is 0 Å². The fourth-order valence-corrected chi connectivity index (χ4v) is 2.66. The molecule has 3 N–H and O–H groups in total. The van der Waals surface area contributed by atoms with Crippen LogP contribution in [0.2, 0.25) is 0 Å². The minimum atomic E-state index is -0.292. The van der Waals surface area contributed by atoms with E-state index >= 15 is 0 Å². The Morgan fingerprint density at radius 3 is 2.90 bits per heavy atom. The summed E-state index contributed by atoms with van der Waals surface area (Å²) in [5, 5.41) is 6.28. The van der Waals surface area contributed by atoms with Crippen LogP contribution in [0.1, 0.15) is 31.4 Å². The molecule has 0 radical (unpaired) electrons. The largest absolute Gasteiger partial charge is 0.360 e. The van der Waals surface area contributed by atoms with Gasteiger partial charge in [0.15, 0.2) is 5.82 Å². The first-order valence-corrected chi connectivity index (χ1v) is 7.19. The van der Waals surface area contributed by atoms with Crippen molar-refractivity contribution in [3.8, 4) is 0 Å². The van der Waals surface area contributed by atoms with Crippen LogP contribution in [0, 0.1) is 12.8 Å². The quantitative estimate of drug-likeness (QED) is 0.859. The van der Waals surface area contributed by atoms with E-state index in [0.29, 0.717) is 18.0 Å². The van der Waals surface area contributed by atoms with Crippen LogP contribution in [0.15, 0.2) is 10.6 Å². The molecule has 2 atom stereocenters. The molecule has 2 amide bonds. The molecule has 21 heavy (non-hydrogen) atoms. The van der Waals surface area contributed by atoms with Crippen molar-refractivity contribution in [1.82, 2.24) is 10.1 Å². The third-order valence-electron chi connectivity index (χ3n) is 3.72. The Labute approximate surface area is 123 Å². The first kappa shape index (κ1) is 15.5. The van der Waals surface area contributed by atoms with Crippen LogP contribution in [0.25, 0.3) is 0 Å². The van der Waals surface area contributed by atoms with Gasteiger partial charge < -0.3 is 20.5 Å². The number of likely N-dealkylation sites (N-methyl/N-ethyl adjacent to an activating group) is 1. The number of aromatic nitrogens is 1. The molecular weight excluding hydrogens is 272 g/mol. The van der Waals surface area contributed by atoms with E-state index in [9.17, 15) is 9.59 Å². The molecule has 1 heterocycles. The number of aryl methyl sites for hydroxylation is 1. The third-order valence-corrected chi connectivity index (χ3v) is 3.72. The van der Waals surface area contributed by atoms with Gasteiger partial charge >= 0.3 is 0 Å². The van der Waals surface area contributed by atoms with Gasteiger partial charge in [0, 0.05) is 25.1 Å². The smallest absolute Gasteiger partial charge is 0.245 e. The van der Waals surface area contributed by atoms with Crippen molar-refractivity contribution in [3.05, 3.63) is 11.8 Å². The Balaban J connectivity index is 1.83. The number of nitrogens with two attached hydrogens (primary N) is 1. The zero-order valence-corrected chi connectivity index (χ0v) is 12.5. The number of nitrogens with one attached hydrogen (secondary N) is 1. The van der Waals surface area contributed by atoms with Crippen molar-refractivity contribution >= 4 is 17.6 Å². The van der Waals surface area contributed by atoms with Crippen molar-refractivity contribution in [2.45, 2.75) is 38.6 Å². The monoisotopic (exact) mass is 294 g/mol. The highest BCUT2D eigenvalue weighted by Crippen LogP contribution is 2.24. The van der Waals surface area contributed by atoms with Crippen LogP contribution < -0.4 is 11.1 Å². The highest BCUT2D eigenvalue weighted by atomic mass is 16.5.